The minimum absolute atomic E-state index is 0.0429. The number of ketones is 1. The third-order valence-electron chi connectivity index (χ3n) is 4.85. The monoisotopic (exact) mass is 430 g/mol. The third-order valence-corrected chi connectivity index (χ3v) is 6.01. The molecule has 1 amide bonds. The predicted octanol–water partition coefficient (Wildman–Crippen LogP) is 4.29. The Kier molecular flexibility index (Phi) is 5.21. The van der Waals surface area contributed by atoms with Crippen LogP contribution in [0, 0.1) is 0 Å². The van der Waals surface area contributed by atoms with Crippen LogP contribution in [0.25, 0.3) is 11.0 Å². The van der Waals surface area contributed by atoms with Crippen LogP contribution in [0.2, 0.25) is 5.02 Å². The van der Waals surface area contributed by atoms with Gasteiger partial charge in [-0.3, -0.25) is 9.59 Å². The maximum Gasteiger partial charge on any atom is 0.290 e. The largest absolute Gasteiger partial charge is 0.503 e. The average molecular weight is 431 g/mol. The van der Waals surface area contributed by atoms with E-state index in [1.807, 2.05) is 36.5 Å². The summed E-state index contributed by atoms with van der Waals surface area (Å²) in [6.07, 6.45) is 0. The second-order valence-corrected chi connectivity index (χ2v) is 8.52. The fourth-order valence-electron chi connectivity index (χ4n) is 3.43. The normalized spacial score (nSPS) is 17.2. The van der Waals surface area contributed by atoms with Crippen molar-refractivity contribution in [2.45, 2.75) is 6.04 Å². The van der Waals surface area contributed by atoms with Crippen LogP contribution in [-0.2, 0) is 4.79 Å². The topological polar surface area (TPSA) is 74.0 Å². The van der Waals surface area contributed by atoms with Gasteiger partial charge in [0, 0.05) is 28.4 Å². The van der Waals surface area contributed by atoms with E-state index in [-0.39, 0.29) is 11.3 Å². The summed E-state index contributed by atoms with van der Waals surface area (Å²) in [6, 6.07) is 9.71. The van der Waals surface area contributed by atoms with Crippen LogP contribution < -0.4 is 0 Å². The zero-order chi connectivity index (χ0) is 20.7. The second kappa shape index (κ2) is 7.67. The highest BCUT2D eigenvalue weighted by molar-refractivity contribution is 7.10. The van der Waals surface area contributed by atoms with E-state index in [1.165, 1.54) is 16.2 Å². The lowest BCUT2D eigenvalue weighted by Crippen LogP contribution is -2.36. The van der Waals surface area contributed by atoms with Crippen LogP contribution in [0.4, 0.5) is 0 Å². The quantitative estimate of drug-likeness (QED) is 0.590. The Morgan fingerprint density at radius 1 is 1.31 bits per heavy atom. The first-order valence-electron chi connectivity index (χ1n) is 9.03. The molecule has 1 aliphatic heterocycles. The van der Waals surface area contributed by atoms with E-state index in [0.29, 0.717) is 29.1 Å². The fraction of sp³-hybridized carbons (Fsp3) is 0.238. The van der Waals surface area contributed by atoms with E-state index < -0.39 is 23.5 Å². The van der Waals surface area contributed by atoms with Crippen LogP contribution in [0.1, 0.15) is 21.5 Å². The Bertz CT molecular complexity index is 1120. The Morgan fingerprint density at radius 3 is 2.79 bits per heavy atom. The molecular formula is C21H19ClN2O4S. The number of rotatable bonds is 6. The minimum atomic E-state index is -0.647. The first-order chi connectivity index (χ1) is 13.9. The van der Waals surface area contributed by atoms with E-state index in [9.17, 15) is 14.7 Å². The molecule has 4 rings (SSSR count). The van der Waals surface area contributed by atoms with Gasteiger partial charge in [0.2, 0.25) is 5.78 Å². The molecule has 0 spiro atoms. The van der Waals surface area contributed by atoms with E-state index in [1.54, 1.807) is 24.3 Å². The van der Waals surface area contributed by atoms with Crippen LogP contribution in [0.15, 0.2) is 57.5 Å². The number of Topliss-reactive ketones (excluding diaryl/α,β-unsaturated/α-hetero) is 1. The molecule has 8 heteroatoms. The molecule has 0 bridgehead atoms. The first-order valence-corrected chi connectivity index (χ1v) is 10.3. The van der Waals surface area contributed by atoms with Gasteiger partial charge in [-0.2, -0.15) is 0 Å². The molecule has 29 heavy (non-hydrogen) atoms. The summed E-state index contributed by atoms with van der Waals surface area (Å²) in [4.78, 5) is 30.4. The zero-order valence-corrected chi connectivity index (χ0v) is 17.5. The van der Waals surface area contributed by atoms with Crippen molar-refractivity contribution in [1.29, 1.82) is 0 Å². The number of hydrogen-bond donors (Lipinski definition) is 1. The Labute approximate surface area is 176 Å². The Hall–Kier alpha value is -2.61. The molecule has 150 valence electrons. The smallest absolute Gasteiger partial charge is 0.290 e. The molecule has 0 saturated heterocycles. The summed E-state index contributed by atoms with van der Waals surface area (Å²) >= 11 is 7.45. The van der Waals surface area contributed by atoms with Gasteiger partial charge in [0.15, 0.2) is 11.5 Å². The Balaban J connectivity index is 1.76. The van der Waals surface area contributed by atoms with Gasteiger partial charge in [-0.15, -0.1) is 11.3 Å². The number of carbonyl (C=O) groups is 2. The third kappa shape index (κ3) is 3.57. The maximum absolute atomic E-state index is 13.3. The average Bonchev–Trinajstić information content (AvgIpc) is 3.39. The van der Waals surface area contributed by atoms with Crippen LogP contribution in [0.3, 0.4) is 0 Å². The number of aliphatic hydroxyl groups excluding tert-OH is 1. The molecule has 2 aromatic heterocycles. The van der Waals surface area contributed by atoms with Crippen molar-refractivity contribution >= 4 is 45.6 Å². The summed E-state index contributed by atoms with van der Waals surface area (Å²) in [7, 11) is 3.80. The molecule has 1 aromatic carbocycles. The fourth-order valence-corrected chi connectivity index (χ4v) is 4.45. The molecule has 6 nitrogen and oxygen atoms in total. The summed E-state index contributed by atoms with van der Waals surface area (Å²) in [5, 5.41) is 13.7. The van der Waals surface area contributed by atoms with Gasteiger partial charge in [0.05, 0.1) is 11.6 Å². The van der Waals surface area contributed by atoms with Crippen molar-refractivity contribution in [3.8, 4) is 0 Å². The summed E-state index contributed by atoms with van der Waals surface area (Å²) in [5.74, 6) is -1.51. The van der Waals surface area contributed by atoms with E-state index in [2.05, 4.69) is 0 Å². The molecule has 0 aliphatic carbocycles. The molecule has 1 unspecified atom stereocenters. The SMILES string of the molecule is CN(C)CCN1C(=O)C(O)=C(C(=O)c2cc3cc(Cl)ccc3o2)C1c1cccs1. The summed E-state index contributed by atoms with van der Waals surface area (Å²) in [5.41, 5.74) is 0.556. The number of amides is 1. The van der Waals surface area contributed by atoms with Crippen LogP contribution >= 0.6 is 22.9 Å². The number of nitrogens with zero attached hydrogens (tertiary/aromatic N) is 2. The van der Waals surface area contributed by atoms with Gasteiger partial charge in [-0.05, 0) is 49.8 Å². The number of halogens is 1. The Morgan fingerprint density at radius 2 is 2.10 bits per heavy atom. The second-order valence-electron chi connectivity index (χ2n) is 7.10. The number of fused-ring (bicyclic) bond motifs is 1. The number of aliphatic hydroxyl groups is 1. The molecule has 0 fully saturated rings. The molecule has 1 N–H and O–H groups in total. The van der Waals surface area contributed by atoms with Gasteiger partial charge in [-0.1, -0.05) is 17.7 Å². The lowest BCUT2D eigenvalue weighted by Gasteiger charge is -2.26. The molecular weight excluding hydrogens is 412 g/mol. The number of thiophene rings is 1. The van der Waals surface area contributed by atoms with Crippen molar-refractivity contribution in [3.05, 3.63) is 68.8 Å². The highest BCUT2D eigenvalue weighted by Gasteiger charge is 2.44. The molecule has 3 aromatic rings. The van der Waals surface area contributed by atoms with Crippen molar-refractivity contribution in [2.24, 2.45) is 0 Å². The van der Waals surface area contributed by atoms with Crippen molar-refractivity contribution in [3.63, 3.8) is 0 Å². The first kappa shape index (κ1) is 19.7. The number of benzene rings is 1. The summed E-state index contributed by atoms with van der Waals surface area (Å²) < 4.78 is 5.69. The zero-order valence-electron chi connectivity index (χ0n) is 15.9. The van der Waals surface area contributed by atoms with E-state index in [4.69, 9.17) is 16.0 Å². The molecule has 1 atom stereocenters. The van der Waals surface area contributed by atoms with E-state index in [0.717, 1.165) is 4.88 Å². The van der Waals surface area contributed by atoms with Gasteiger partial charge in [0.25, 0.3) is 5.91 Å². The molecule has 1 aliphatic rings. The highest BCUT2D eigenvalue weighted by Crippen LogP contribution is 2.41. The van der Waals surface area contributed by atoms with Crippen molar-refractivity contribution in [1.82, 2.24) is 9.80 Å². The van der Waals surface area contributed by atoms with Crippen molar-refractivity contribution in [2.75, 3.05) is 27.2 Å². The number of carbonyl (C=O) groups excluding carboxylic acids is 2. The lowest BCUT2D eigenvalue weighted by atomic mass is 10.00. The summed E-state index contributed by atoms with van der Waals surface area (Å²) in [6.45, 7) is 0.983. The van der Waals surface area contributed by atoms with Crippen LogP contribution in [-0.4, -0.2) is 53.8 Å². The lowest BCUT2D eigenvalue weighted by molar-refractivity contribution is -0.129. The van der Waals surface area contributed by atoms with Gasteiger partial charge >= 0.3 is 0 Å². The van der Waals surface area contributed by atoms with Crippen molar-refractivity contribution < 1.29 is 19.1 Å². The number of furan rings is 1. The standard InChI is InChI=1S/C21H19ClN2O4S/c1-23(2)7-8-24-18(16-4-3-9-29-16)17(20(26)21(24)27)19(25)15-11-12-10-13(22)5-6-14(12)28-15/h3-6,9-11,18,26H,7-8H2,1-2H3. The molecule has 3 heterocycles. The molecule has 0 saturated carbocycles. The number of likely N-dealkylation sites (N-methyl/N-ethyl adjacent to an activating group) is 1. The maximum atomic E-state index is 13.3. The predicted molar refractivity (Wildman–Crippen MR) is 113 cm³/mol. The minimum Gasteiger partial charge on any atom is -0.503 e. The van der Waals surface area contributed by atoms with Gasteiger partial charge in [0.1, 0.15) is 5.58 Å². The van der Waals surface area contributed by atoms with E-state index >= 15 is 0 Å². The number of hydrogen-bond acceptors (Lipinski definition) is 6. The van der Waals surface area contributed by atoms with Gasteiger partial charge in [-0.25, -0.2) is 0 Å². The van der Waals surface area contributed by atoms with Gasteiger partial charge < -0.3 is 19.3 Å². The van der Waals surface area contributed by atoms with Crippen LogP contribution in [0.5, 0.6) is 0 Å². The molecule has 0 radical (unpaired) electrons. The highest BCUT2D eigenvalue weighted by atomic mass is 35.5.